The summed E-state index contributed by atoms with van der Waals surface area (Å²) < 4.78 is 28.6. The lowest BCUT2D eigenvalue weighted by atomic mass is 10.4. The van der Waals surface area contributed by atoms with Gasteiger partial charge in [-0.15, -0.1) is 0 Å². The van der Waals surface area contributed by atoms with Gasteiger partial charge < -0.3 is 9.88 Å². The molecule has 0 radical (unpaired) electrons. The molecule has 2 aromatic heterocycles. The van der Waals surface area contributed by atoms with Crippen molar-refractivity contribution in [3.05, 3.63) is 21.5 Å². The number of urea groups is 1. The van der Waals surface area contributed by atoms with E-state index in [1.165, 1.54) is 9.13 Å². The number of hydrogen-bond acceptors (Lipinski definition) is 6. The first-order chi connectivity index (χ1) is 11.1. The van der Waals surface area contributed by atoms with Crippen molar-refractivity contribution in [3.8, 4) is 0 Å². The molecule has 0 aromatic carbocycles. The van der Waals surface area contributed by atoms with E-state index in [9.17, 15) is 18.0 Å². The van der Waals surface area contributed by atoms with Crippen LogP contribution in [0.15, 0.2) is 11.1 Å². The van der Waals surface area contributed by atoms with Crippen LogP contribution in [-0.2, 0) is 30.7 Å². The molecule has 2 N–H and O–H groups in total. The average Bonchev–Trinajstić information content (AvgIpc) is 2.89. The van der Waals surface area contributed by atoms with Crippen LogP contribution >= 0.6 is 12.2 Å². The number of fused-ring (bicyclic) bond motifs is 1. The Morgan fingerprint density at radius 3 is 2.62 bits per heavy atom. The van der Waals surface area contributed by atoms with E-state index in [-0.39, 0.29) is 12.2 Å². The van der Waals surface area contributed by atoms with Gasteiger partial charge in [0.2, 0.25) is 10.0 Å². The molecule has 0 saturated heterocycles. The highest BCUT2D eigenvalue weighted by molar-refractivity contribution is 7.89. The van der Waals surface area contributed by atoms with Crippen molar-refractivity contribution in [2.75, 3.05) is 12.8 Å². The Balaban J connectivity index is 2.09. The lowest BCUT2D eigenvalue weighted by molar-refractivity contribution is 0.245. The fourth-order valence-corrected chi connectivity index (χ4v) is 2.92. The van der Waals surface area contributed by atoms with E-state index in [0.29, 0.717) is 28.8 Å². The molecule has 0 aliphatic carbocycles. The first-order valence-corrected chi connectivity index (χ1v) is 9.28. The first kappa shape index (κ1) is 18.1. The van der Waals surface area contributed by atoms with Crippen molar-refractivity contribution < 1.29 is 13.2 Å². The second-order valence-electron chi connectivity index (χ2n) is 5.30. The van der Waals surface area contributed by atoms with Crippen molar-refractivity contribution >= 4 is 39.4 Å². The monoisotopic (exact) mass is 374 g/mol. The van der Waals surface area contributed by atoms with Crippen molar-refractivity contribution in [2.24, 2.45) is 14.1 Å². The molecule has 0 atom stereocenters. The number of aryl methyl sites for hydroxylation is 2. The summed E-state index contributed by atoms with van der Waals surface area (Å²) >= 11 is 5.31. The molecular weight excluding hydrogens is 356 g/mol. The lowest BCUT2D eigenvalue weighted by Gasteiger charge is -2.09. The molecule has 132 valence electrons. The molecule has 2 amide bonds. The molecule has 12 heteroatoms. The second-order valence-corrected chi connectivity index (χ2v) is 7.43. The van der Waals surface area contributed by atoms with Crippen LogP contribution in [0.3, 0.4) is 0 Å². The summed E-state index contributed by atoms with van der Waals surface area (Å²) in [5.74, 6) is 0. The second kappa shape index (κ2) is 6.73. The van der Waals surface area contributed by atoms with Gasteiger partial charge in [0.1, 0.15) is 10.2 Å². The van der Waals surface area contributed by atoms with Crippen LogP contribution in [0.2, 0.25) is 0 Å². The largest absolute Gasteiger partial charge is 0.337 e. The fraction of sp³-hybridized carbons (Fsp3) is 0.500. The Morgan fingerprint density at radius 2 is 2.00 bits per heavy atom. The topological polar surface area (TPSA) is 120 Å². The van der Waals surface area contributed by atoms with E-state index in [2.05, 4.69) is 10.3 Å². The van der Waals surface area contributed by atoms with Gasteiger partial charge in [0.05, 0.1) is 12.6 Å². The molecule has 2 aromatic rings. The number of carbonyl (C=O) groups excluding carboxylic acids is 1. The van der Waals surface area contributed by atoms with E-state index >= 15 is 0 Å². The molecule has 0 aliphatic rings. The summed E-state index contributed by atoms with van der Waals surface area (Å²) in [6.07, 6.45) is 3.01. The minimum atomic E-state index is -3.58. The zero-order valence-electron chi connectivity index (χ0n) is 13.4. The summed E-state index contributed by atoms with van der Waals surface area (Å²) in [6.45, 7) is 0.767. The molecular formula is C12H18N6O4S2. The van der Waals surface area contributed by atoms with Crippen molar-refractivity contribution in [3.63, 3.8) is 0 Å². The number of carbonyl (C=O) groups is 1. The van der Waals surface area contributed by atoms with E-state index in [1.807, 2.05) is 4.72 Å². The summed E-state index contributed by atoms with van der Waals surface area (Å²) in [4.78, 5) is 27.5. The Labute approximate surface area is 143 Å². The van der Waals surface area contributed by atoms with Crippen LogP contribution in [0.5, 0.6) is 0 Å². The van der Waals surface area contributed by atoms with Gasteiger partial charge in [-0.05, 0) is 6.42 Å². The van der Waals surface area contributed by atoms with Gasteiger partial charge in [0.25, 0.3) is 0 Å². The SMILES string of the molecule is Cn1c(=S)c2c(ncn2CCCNC(=O)NS(C)(=O)=O)n(C)c1=O. The smallest absolute Gasteiger partial charge is 0.330 e. The predicted molar refractivity (Wildman–Crippen MR) is 90.8 cm³/mol. The predicted octanol–water partition coefficient (Wildman–Crippen LogP) is -0.548. The molecule has 24 heavy (non-hydrogen) atoms. The molecule has 0 aliphatic heterocycles. The van der Waals surface area contributed by atoms with Crippen LogP contribution in [0.4, 0.5) is 4.79 Å². The highest BCUT2D eigenvalue weighted by atomic mass is 32.2. The number of amides is 2. The summed E-state index contributed by atoms with van der Waals surface area (Å²) in [5, 5.41) is 2.45. The molecule has 2 heterocycles. The zero-order valence-corrected chi connectivity index (χ0v) is 15.1. The van der Waals surface area contributed by atoms with Crippen molar-refractivity contribution in [1.82, 2.24) is 28.7 Å². The molecule has 0 saturated carbocycles. The molecule has 2 rings (SSSR count). The summed E-state index contributed by atoms with van der Waals surface area (Å²) in [5.41, 5.74) is 0.901. The van der Waals surface area contributed by atoms with Crippen LogP contribution in [-0.4, -0.2) is 45.9 Å². The fourth-order valence-electron chi connectivity index (χ4n) is 2.22. The number of sulfonamides is 1. The van der Waals surface area contributed by atoms with Crippen LogP contribution in [0.25, 0.3) is 11.2 Å². The van der Waals surface area contributed by atoms with Gasteiger partial charge in [0.15, 0.2) is 5.65 Å². The van der Waals surface area contributed by atoms with E-state index in [1.54, 1.807) is 25.0 Å². The Bertz CT molecular complexity index is 1000. The highest BCUT2D eigenvalue weighted by Gasteiger charge is 2.12. The lowest BCUT2D eigenvalue weighted by Crippen LogP contribution is -2.39. The maximum absolute atomic E-state index is 12.0. The van der Waals surface area contributed by atoms with Gasteiger partial charge in [-0.1, -0.05) is 12.2 Å². The molecule has 0 fully saturated rings. The van der Waals surface area contributed by atoms with Crippen LogP contribution in [0.1, 0.15) is 6.42 Å². The molecule has 0 spiro atoms. The molecule has 10 nitrogen and oxygen atoms in total. The van der Waals surface area contributed by atoms with Gasteiger partial charge in [-0.25, -0.2) is 27.7 Å². The van der Waals surface area contributed by atoms with Gasteiger partial charge >= 0.3 is 11.7 Å². The molecule has 0 unspecified atom stereocenters. The van der Waals surface area contributed by atoms with Crippen LogP contribution < -0.4 is 15.7 Å². The first-order valence-electron chi connectivity index (χ1n) is 6.98. The van der Waals surface area contributed by atoms with Gasteiger partial charge in [-0.2, -0.15) is 0 Å². The molecule has 0 bridgehead atoms. The Kier molecular flexibility index (Phi) is 5.08. The van der Waals surface area contributed by atoms with E-state index < -0.39 is 16.1 Å². The minimum absolute atomic E-state index is 0.253. The average molecular weight is 374 g/mol. The third kappa shape index (κ3) is 3.82. The Morgan fingerprint density at radius 1 is 1.33 bits per heavy atom. The number of rotatable bonds is 5. The highest BCUT2D eigenvalue weighted by Crippen LogP contribution is 2.12. The maximum Gasteiger partial charge on any atom is 0.330 e. The number of hydrogen-bond donors (Lipinski definition) is 2. The number of imidazole rings is 1. The standard InChI is InChI=1S/C12H18N6O4S2/c1-16-9-8(10(23)17(2)12(16)20)18(7-14-9)6-4-5-13-11(19)15-24(3,21)22/h7H,4-6H2,1-3H3,(H2,13,15,19). The zero-order chi connectivity index (χ0) is 18.1. The van der Waals surface area contributed by atoms with Crippen molar-refractivity contribution in [2.45, 2.75) is 13.0 Å². The number of aromatic nitrogens is 4. The van der Waals surface area contributed by atoms with Gasteiger partial charge in [0, 0.05) is 27.2 Å². The number of nitrogens with zero attached hydrogens (tertiary/aromatic N) is 4. The maximum atomic E-state index is 12.0. The summed E-state index contributed by atoms with van der Waals surface area (Å²) in [7, 11) is -0.363. The third-order valence-electron chi connectivity index (χ3n) is 3.36. The van der Waals surface area contributed by atoms with Gasteiger partial charge in [-0.3, -0.25) is 9.13 Å². The third-order valence-corrected chi connectivity index (χ3v) is 4.38. The van der Waals surface area contributed by atoms with E-state index in [4.69, 9.17) is 12.2 Å². The quantitative estimate of drug-likeness (QED) is 0.535. The minimum Gasteiger partial charge on any atom is -0.337 e. The van der Waals surface area contributed by atoms with Crippen LogP contribution in [0, 0.1) is 4.64 Å². The summed E-state index contributed by atoms with van der Waals surface area (Å²) in [6, 6.07) is -0.772. The normalized spacial score (nSPS) is 11.6. The number of nitrogens with one attached hydrogen (secondary N) is 2. The Hall–Kier alpha value is -2.21. The van der Waals surface area contributed by atoms with Crippen molar-refractivity contribution in [1.29, 1.82) is 0 Å². The van der Waals surface area contributed by atoms with E-state index in [0.717, 1.165) is 6.26 Å².